The van der Waals surface area contributed by atoms with Crippen LogP contribution in [0.5, 0.6) is 0 Å². The maximum atomic E-state index is 12.3. The zero-order valence-electron chi connectivity index (χ0n) is 13.4. The number of amides is 1. The maximum Gasteiger partial charge on any atom is 0.351 e. The van der Waals surface area contributed by atoms with Crippen LogP contribution in [0.2, 0.25) is 6.32 Å². The smallest absolute Gasteiger partial charge is 0.351 e. The van der Waals surface area contributed by atoms with Gasteiger partial charge >= 0.3 is 5.69 Å². The molecular formula is C17H18BN3O3. The minimum atomic E-state index is -0.463. The molecule has 6 nitrogen and oxygen atoms in total. The summed E-state index contributed by atoms with van der Waals surface area (Å²) < 4.78 is 7.23. The second-order valence-corrected chi connectivity index (χ2v) is 5.92. The predicted molar refractivity (Wildman–Crippen MR) is 91.1 cm³/mol. The van der Waals surface area contributed by atoms with Crippen LogP contribution in [-0.2, 0) is 4.74 Å². The van der Waals surface area contributed by atoms with Gasteiger partial charge in [-0.1, -0.05) is 31.4 Å². The summed E-state index contributed by atoms with van der Waals surface area (Å²) >= 11 is 0. The summed E-state index contributed by atoms with van der Waals surface area (Å²) in [6, 6.07) is 10.3. The lowest BCUT2D eigenvalue weighted by atomic mass is 9.95. The van der Waals surface area contributed by atoms with Crippen LogP contribution < -0.4 is 11.0 Å². The van der Waals surface area contributed by atoms with Crippen LogP contribution in [0.3, 0.4) is 0 Å². The molecule has 0 unspecified atom stereocenters. The first-order valence-corrected chi connectivity index (χ1v) is 7.89. The van der Waals surface area contributed by atoms with Gasteiger partial charge in [-0.2, -0.15) is 4.98 Å². The van der Waals surface area contributed by atoms with Gasteiger partial charge in [0.2, 0.25) is 0 Å². The van der Waals surface area contributed by atoms with Gasteiger partial charge < -0.3 is 10.1 Å². The van der Waals surface area contributed by atoms with Gasteiger partial charge in [-0.25, -0.2) is 4.79 Å². The van der Waals surface area contributed by atoms with E-state index < -0.39 is 5.69 Å². The third-order valence-corrected chi connectivity index (χ3v) is 4.10. The van der Waals surface area contributed by atoms with Crippen molar-refractivity contribution < 1.29 is 9.53 Å². The van der Waals surface area contributed by atoms with E-state index in [0.717, 1.165) is 6.42 Å². The van der Waals surface area contributed by atoms with Gasteiger partial charge in [0.05, 0.1) is 14.0 Å². The molecule has 1 saturated heterocycles. The highest BCUT2D eigenvalue weighted by Crippen LogP contribution is 2.34. The number of nitrogens with zero attached hydrogens (tertiary/aromatic N) is 2. The van der Waals surface area contributed by atoms with Gasteiger partial charge in [0.1, 0.15) is 12.0 Å². The zero-order chi connectivity index (χ0) is 17.1. The third-order valence-electron chi connectivity index (χ3n) is 4.10. The maximum absolute atomic E-state index is 12.3. The Balaban J connectivity index is 1.76. The topological polar surface area (TPSA) is 73.2 Å². The summed E-state index contributed by atoms with van der Waals surface area (Å²) in [6.45, 7) is 2.01. The van der Waals surface area contributed by atoms with Gasteiger partial charge in [0, 0.05) is 17.7 Å². The van der Waals surface area contributed by atoms with Crippen molar-refractivity contribution in [3.63, 3.8) is 0 Å². The van der Waals surface area contributed by atoms with Gasteiger partial charge in [0.25, 0.3) is 5.91 Å². The molecular weight excluding hydrogens is 305 g/mol. The number of carbonyl (C=O) groups is 1. The van der Waals surface area contributed by atoms with Crippen molar-refractivity contribution in [3.8, 4) is 0 Å². The first kappa shape index (κ1) is 16.5. The van der Waals surface area contributed by atoms with Crippen LogP contribution in [-0.4, -0.2) is 29.4 Å². The summed E-state index contributed by atoms with van der Waals surface area (Å²) in [5.74, 6) is 0.0721. The van der Waals surface area contributed by atoms with E-state index in [9.17, 15) is 9.59 Å². The van der Waals surface area contributed by atoms with E-state index in [1.807, 2.05) is 13.0 Å². The second kappa shape index (κ2) is 7.01. The molecule has 0 aliphatic carbocycles. The van der Waals surface area contributed by atoms with Gasteiger partial charge in [-0.15, -0.1) is 0 Å². The van der Waals surface area contributed by atoms with Crippen molar-refractivity contribution in [1.82, 2.24) is 9.55 Å². The fourth-order valence-corrected chi connectivity index (χ4v) is 2.86. The Labute approximate surface area is 141 Å². The fourth-order valence-electron chi connectivity index (χ4n) is 2.86. The molecule has 1 N–H and O–H groups in total. The molecule has 0 saturated carbocycles. The van der Waals surface area contributed by atoms with Crippen molar-refractivity contribution in [1.29, 1.82) is 0 Å². The molecule has 0 bridgehead atoms. The minimum absolute atomic E-state index is 0.0469. The lowest BCUT2D eigenvalue weighted by Gasteiger charge is -2.18. The van der Waals surface area contributed by atoms with E-state index in [-0.39, 0.29) is 30.0 Å². The van der Waals surface area contributed by atoms with Crippen LogP contribution in [0.4, 0.5) is 5.82 Å². The number of hydrogen-bond donors (Lipinski definition) is 1. The largest absolute Gasteiger partial charge is 0.355 e. The average Bonchev–Trinajstić information content (AvgIpc) is 2.96. The van der Waals surface area contributed by atoms with Crippen molar-refractivity contribution in [2.45, 2.75) is 32.0 Å². The number of ether oxygens (including phenoxy) is 1. The van der Waals surface area contributed by atoms with E-state index >= 15 is 0 Å². The highest BCUT2D eigenvalue weighted by atomic mass is 16.5. The first-order chi connectivity index (χ1) is 11.6. The lowest BCUT2D eigenvalue weighted by Crippen LogP contribution is -2.30. The second-order valence-electron chi connectivity index (χ2n) is 5.92. The monoisotopic (exact) mass is 323 g/mol. The highest BCUT2D eigenvalue weighted by molar-refractivity contribution is 6.08. The number of benzene rings is 1. The molecule has 1 aliphatic heterocycles. The van der Waals surface area contributed by atoms with Crippen molar-refractivity contribution in [2.75, 3.05) is 5.32 Å². The van der Waals surface area contributed by atoms with E-state index in [0.29, 0.717) is 11.9 Å². The molecule has 3 atom stereocenters. The molecule has 1 aliphatic rings. The van der Waals surface area contributed by atoms with Crippen LogP contribution in [0.25, 0.3) is 0 Å². The quantitative estimate of drug-likeness (QED) is 0.874. The molecule has 2 heterocycles. The van der Waals surface area contributed by atoms with Crippen LogP contribution >= 0.6 is 0 Å². The minimum Gasteiger partial charge on any atom is -0.355 e. The standard InChI is InChI=1S/C17H18BN3O3/c1-11-9-13(10-18)24-16(11)21-8-7-14(20-17(21)23)19-15(22)12-5-3-2-4-6-12/h2-8,11,13,16H,9-10H2,1H3,(H,19,20,22,23)/t11-,13-,16+/m0/s1. The van der Waals surface area contributed by atoms with E-state index in [2.05, 4.69) is 10.3 Å². The molecule has 7 heteroatoms. The van der Waals surface area contributed by atoms with E-state index in [4.69, 9.17) is 12.6 Å². The summed E-state index contributed by atoms with van der Waals surface area (Å²) in [5, 5.41) is 2.62. The van der Waals surface area contributed by atoms with Crippen LogP contribution in [0, 0.1) is 5.92 Å². The molecule has 2 aromatic rings. The molecule has 2 radical (unpaired) electrons. The SMILES string of the molecule is [B]C[C@@H]1C[C@H](C)[C@H](n2ccc(NC(=O)c3ccccc3)nc2=O)O1. The van der Waals surface area contributed by atoms with E-state index in [1.165, 1.54) is 4.57 Å². The fraction of sp³-hybridized carbons (Fsp3) is 0.353. The van der Waals surface area contributed by atoms with Crippen molar-refractivity contribution >= 4 is 19.6 Å². The summed E-state index contributed by atoms with van der Waals surface area (Å²) in [7, 11) is 5.63. The Morgan fingerprint density at radius 1 is 1.38 bits per heavy atom. The molecule has 1 aromatic carbocycles. The molecule has 0 spiro atoms. The van der Waals surface area contributed by atoms with Gasteiger partial charge in [-0.05, 0) is 24.6 Å². The number of carbonyl (C=O) groups excluding carboxylic acids is 1. The Morgan fingerprint density at radius 3 is 2.75 bits per heavy atom. The molecule has 24 heavy (non-hydrogen) atoms. The van der Waals surface area contributed by atoms with E-state index in [1.54, 1.807) is 36.5 Å². The molecule has 1 fully saturated rings. The molecule has 3 rings (SSSR count). The summed E-state index contributed by atoms with van der Waals surface area (Å²) in [6.07, 6.45) is 2.40. The van der Waals surface area contributed by atoms with Gasteiger partial charge in [-0.3, -0.25) is 9.36 Å². The number of anilines is 1. The first-order valence-electron chi connectivity index (χ1n) is 7.89. The number of hydrogen-bond acceptors (Lipinski definition) is 4. The van der Waals surface area contributed by atoms with Crippen molar-refractivity contribution in [3.05, 3.63) is 58.6 Å². The number of aromatic nitrogens is 2. The normalized spacial score (nSPS) is 23.1. The Hall–Kier alpha value is -2.41. The molecule has 1 amide bonds. The van der Waals surface area contributed by atoms with Crippen LogP contribution in [0.1, 0.15) is 29.9 Å². The number of nitrogens with one attached hydrogen (secondary N) is 1. The third kappa shape index (κ3) is 3.41. The molecule has 1 aromatic heterocycles. The predicted octanol–water partition coefficient (Wildman–Crippen LogP) is 2.01. The molecule has 122 valence electrons. The lowest BCUT2D eigenvalue weighted by molar-refractivity contribution is -0.00515. The number of rotatable bonds is 4. The summed E-state index contributed by atoms with van der Waals surface area (Å²) in [4.78, 5) is 28.3. The highest BCUT2D eigenvalue weighted by Gasteiger charge is 2.32. The van der Waals surface area contributed by atoms with Crippen LogP contribution in [0.15, 0.2) is 47.4 Å². The Kier molecular flexibility index (Phi) is 4.80. The Bertz CT molecular complexity index is 778. The zero-order valence-corrected chi connectivity index (χ0v) is 13.4. The summed E-state index contributed by atoms with van der Waals surface area (Å²) in [5.41, 5.74) is 0.0393. The average molecular weight is 323 g/mol. The van der Waals surface area contributed by atoms with Gasteiger partial charge in [0.15, 0.2) is 0 Å². The Morgan fingerprint density at radius 2 is 2.12 bits per heavy atom. The van der Waals surface area contributed by atoms with Crippen molar-refractivity contribution in [2.24, 2.45) is 5.92 Å².